The second-order valence-electron chi connectivity index (χ2n) is 14.7. The minimum Gasteiger partial charge on any atom is -0.0654 e. The van der Waals surface area contributed by atoms with E-state index < -0.39 is 9.52 Å². The zero-order valence-corrected chi connectivity index (χ0v) is 32.5. The minimum absolute atomic E-state index is 0.0616. The van der Waals surface area contributed by atoms with Crippen LogP contribution >= 0.6 is 0 Å². The Morgan fingerprint density at radius 3 is 1.50 bits per heavy atom. The van der Waals surface area contributed by atoms with Gasteiger partial charge in [0.05, 0.1) is 9.52 Å². The highest BCUT2D eigenvalue weighted by atomic mass is 28.2. The monoisotopic (exact) mass is 632 g/mol. The molecular weight excluding hydrogens is 569 g/mol. The van der Waals surface area contributed by atoms with E-state index in [1.807, 2.05) is 0 Å². The van der Waals surface area contributed by atoms with Crippen molar-refractivity contribution in [2.45, 2.75) is 151 Å². The summed E-state index contributed by atoms with van der Waals surface area (Å²) in [5.41, 5.74) is 18.3. The normalized spacial score (nSPS) is 16.9. The van der Waals surface area contributed by atoms with Gasteiger partial charge >= 0.3 is 0 Å². The molecule has 1 aliphatic carbocycles. The van der Waals surface area contributed by atoms with Gasteiger partial charge in [0.25, 0.3) is 0 Å². The average molecular weight is 633 g/mol. The summed E-state index contributed by atoms with van der Waals surface area (Å²) in [5, 5.41) is 1.67. The van der Waals surface area contributed by atoms with Crippen molar-refractivity contribution in [3.63, 3.8) is 0 Å². The lowest BCUT2D eigenvalue weighted by molar-refractivity contribution is 0.660. The Bertz CT molecular complexity index is 1460. The smallest absolute Gasteiger partial charge is 0.0654 e. The summed E-state index contributed by atoms with van der Waals surface area (Å²) >= 11 is 0. The standard InChI is InChI=1S/C45H64Si/c1-10-14-16-18-20-39-26-40(21-19-17-15-11-2)28-41(27-39)31-45(46-43-23-32(5)22-33(6)24-43)36(9)34(7)35(8)44(45)42-29-37(12-3)25-38(13-4)30-42/h22-30H,10-21,31,46H2,1-9H3. The van der Waals surface area contributed by atoms with Crippen LogP contribution in [0.4, 0.5) is 0 Å². The molecule has 1 heteroatoms. The second kappa shape index (κ2) is 17.0. The Hall–Kier alpha value is -2.64. The Kier molecular flexibility index (Phi) is 13.3. The molecule has 46 heavy (non-hydrogen) atoms. The van der Waals surface area contributed by atoms with Gasteiger partial charge in [0, 0.05) is 5.04 Å². The first-order valence-electron chi connectivity index (χ1n) is 18.9. The predicted octanol–water partition coefficient (Wildman–Crippen LogP) is 11.7. The van der Waals surface area contributed by atoms with Crippen molar-refractivity contribution < 1.29 is 0 Å². The Labute approximate surface area is 286 Å². The molecule has 1 atom stereocenters. The van der Waals surface area contributed by atoms with E-state index in [1.54, 1.807) is 33.0 Å². The van der Waals surface area contributed by atoms with Gasteiger partial charge in [0.1, 0.15) is 0 Å². The number of aryl methyl sites for hydroxylation is 6. The molecule has 1 unspecified atom stereocenters. The van der Waals surface area contributed by atoms with Gasteiger partial charge in [0.2, 0.25) is 0 Å². The maximum Gasteiger partial charge on any atom is 0.0718 e. The van der Waals surface area contributed by atoms with Crippen molar-refractivity contribution in [1.29, 1.82) is 0 Å². The minimum atomic E-state index is -0.754. The fourth-order valence-electron chi connectivity index (χ4n) is 8.30. The molecule has 0 aliphatic heterocycles. The summed E-state index contributed by atoms with van der Waals surface area (Å²) in [6.45, 7) is 21.2. The molecule has 4 rings (SSSR count). The van der Waals surface area contributed by atoms with Crippen LogP contribution in [0.5, 0.6) is 0 Å². The van der Waals surface area contributed by atoms with Gasteiger partial charge in [-0.25, -0.2) is 0 Å². The lowest BCUT2D eigenvalue weighted by Crippen LogP contribution is -2.33. The molecule has 0 spiro atoms. The van der Waals surface area contributed by atoms with Gasteiger partial charge in [-0.2, -0.15) is 0 Å². The molecule has 0 heterocycles. The van der Waals surface area contributed by atoms with E-state index in [1.165, 1.54) is 103 Å². The molecule has 0 N–H and O–H groups in total. The highest BCUT2D eigenvalue weighted by Crippen LogP contribution is 2.58. The summed E-state index contributed by atoms with van der Waals surface area (Å²) < 4.78 is 0. The molecule has 0 saturated carbocycles. The summed E-state index contributed by atoms with van der Waals surface area (Å²) in [6.07, 6.45) is 16.3. The maximum atomic E-state index is 2.62. The zero-order valence-electron chi connectivity index (χ0n) is 31.1. The topological polar surface area (TPSA) is 0 Å². The van der Waals surface area contributed by atoms with E-state index in [0.717, 1.165) is 19.3 Å². The van der Waals surface area contributed by atoms with Crippen LogP contribution in [0, 0.1) is 13.8 Å². The van der Waals surface area contributed by atoms with Gasteiger partial charge in [-0.1, -0.05) is 143 Å². The molecule has 0 bridgehead atoms. The van der Waals surface area contributed by atoms with Crippen molar-refractivity contribution in [3.8, 4) is 0 Å². The molecule has 3 aromatic carbocycles. The third-order valence-electron chi connectivity index (χ3n) is 10.9. The molecule has 0 amide bonds. The van der Waals surface area contributed by atoms with E-state index >= 15 is 0 Å². The van der Waals surface area contributed by atoms with Gasteiger partial charge < -0.3 is 0 Å². The summed E-state index contributed by atoms with van der Waals surface area (Å²) in [5.74, 6) is 0. The average Bonchev–Trinajstić information content (AvgIpc) is 3.20. The van der Waals surface area contributed by atoms with Crippen molar-refractivity contribution in [3.05, 3.63) is 116 Å². The molecule has 0 fully saturated rings. The fraction of sp³-hybridized carbons (Fsp3) is 0.511. The molecule has 0 aromatic heterocycles. The molecule has 1 aliphatic rings. The summed E-state index contributed by atoms with van der Waals surface area (Å²) in [4.78, 5) is 0. The number of allylic oxidation sites excluding steroid dienone is 4. The third-order valence-corrected chi connectivity index (χ3v) is 13.5. The fourth-order valence-corrected chi connectivity index (χ4v) is 11.4. The van der Waals surface area contributed by atoms with E-state index in [-0.39, 0.29) is 5.04 Å². The van der Waals surface area contributed by atoms with Gasteiger partial charge in [-0.05, 0) is 130 Å². The Morgan fingerprint density at radius 2 is 1.00 bits per heavy atom. The molecule has 0 nitrogen and oxygen atoms in total. The lowest BCUT2D eigenvalue weighted by atomic mass is 9.82. The Balaban J connectivity index is 1.88. The number of unbranched alkanes of at least 4 members (excludes halogenated alkanes) is 6. The van der Waals surface area contributed by atoms with Crippen molar-refractivity contribution in [2.24, 2.45) is 0 Å². The maximum absolute atomic E-state index is 2.62. The van der Waals surface area contributed by atoms with Crippen LogP contribution in [0.25, 0.3) is 5.57 Å². The van der Waals surface area contributed by atoms with E-state index in [4.69, 9.17) is 0 Å². The number of hydrogen-bond acceptors (Lipinski definition) is 0. The SMILES string of the molecule is CCCCCCc1cc(CCCCCC)cc(CC2([SiH2]c3cc(C)cc(C)c3)C(C)=C(C)C(C)=C2c2cc(CC)cc(CC)c2)c1. The van der Waals surface area contributed by atoms with Crippen molar-refractivity contribution in [1.82, 2.24) is 0 Å². The third kappa shape index (κ3) is 8.83. The van der Waals surface area contributed by atoms with Crippen LogP contribution in [-0.2, 0) is 32.1 Å². The Morgan fingerprint density at radius 1 is 0.500 bits per heavy atom. The second-order valence-corrected chi connectivity index (χ2v) is 17.1. The van der Waals surface area contributed by atoms with Crippen LogP contribution < -0.4 is 5.19 Å². The number of rotatable bonds is 17. The molecule has 3 aromatic rings. The summed E-state index contributed by atoms with van der Waals surface area (Å²) in [6, 6.07) is 22.7. The molecular formula is C45H64Si. The highest BCUT2D eigenvalue weighted by Gasteiger charge is 2.44. The van der Waals surface area contributed by atoms with Crippen LogP contribution in [0.15, 0.2) is 71.3 Å². The lowest BCUT2D eigenvalue weighted by Gasteiger charge is -2.37. The molecule has 248 valence electrons. The highest BCUT2D eigenvalue weighted by molar-refractivity contribution is 6.61. The zero-order chi connectivity index (χ0) is 33.3. The van der Waals surface area contributed by atoms with Crippen LogP contribution in [0.2, 0.25) is 5.04 Å². The largest absolute Gasteiger partial charge is 0.0718 e. The van der Waals surface area contributed by atoms with Crippen LogP contribution in [0.1, 0.15) is 144 Å². The van der Waals surface area contributed by atoms with E-state index in [2.05, 4.69) is 117 Å². The number of hydrogen-bond donors (Lipinski definition) is 0. The first-order chi connectivity index (χ1) is 22.1. The van der Waals surface area contributed by atoms with Crippen LogP contribution in [0.3, 0.4) is 0 Å². The number of benzene rings is 3. The van der Waals surface area contributed by atoms with Crippen LogP contribution in [-0.4, -0.2) is 9.52 Å². The molecule has 0 saturated heterocycles. The van der Waals surface area contributed by atoms with Crippen molar-refractivity contribution >= 4 is 20.3 Å². The van der Waals surface area contributed by atoms with Crippen molar-refractivity contribution in [2.75, 3.05) is 0 Å². The van der Waals surface area contributed by atoms with E-state index in [0.29, 0.717) is 0 Å². The van der Waals surface area contributed by atoms with Gasteiger partial charge in [0.15, 0.2) is 0 Å². The molecule has 0 radical (unpaired) electrons. The first-order valence-corrected chi connectivity index (χ1v) is 20.3. The predicted molar refractivity (Wildman–Crippen MR) is 209 cm³/mol. The van der Waals surface area contributed by atoms with E-state index in [9.17, 15) is 0 Å². The van der Waals surface area contributed by atoms with Gasteiger partial charge in [-0.3, -0.25) is 0 Å². The first kappa shape index (κ1) is 36.2. The summed E-state index contributed by atoms with van der Waals surface area (Å²) in [7, 11) is -0.754. The van der Waals surface area contributed by atoms with Gasteiger partial charge in [-0.15, -0.1) is 0 Å². The quantitative estimate of drug-likeness (QED) is 0.103.